The third kappa shape index (κ3) is 3.77. The van der Waals surface area contributed by atoms with E-state index in [4.69, 9.17) is 9.72 Å². The second kappa shape index (κ2) is 7.57. The molecule has 0 radical (unpaired) electrons. The summed E-state index contributed by atoms with van der Waals surface area (Å²) >= 11 is 0. The van der Waals surface area contributed by atoms with Crippen LogP contribution in [-0.4, -0.2) is 44.4 Å². The Labute approximate surface area is 148 Å². The van der Waals surface area contributed by atoms with Crippen molar-refractivity contribution in [2.24, 2.45) is 0 Å². The molecule has 0 unspecified atom stereocenters. The maximum absolute atomic E-state index is 5.50. The second-order valence-electron chi connectivity index (χ2n) is 6.32. The lowest BCUT2D eigenvalue weighted by Crippen LogP contribution is -2.37. The first-order valence-corrected chi connectivity index (χ1v) is 8.96. The quantitative estimate of drug-likeness (QED) is 0.879. The van der Waals surface area contributed by atoms with Crippen LogP contribution in [0.25, 0.3) is 6.08 Å². The summed E-state index contributed by atoms with van der Waals surface area (Å²) in [5, 5.41) is 6.95. The van der Waals surface area contributed by atoms with Crippen molar-refractivity contribution in [2.75, 3.05) is 54.9 Å². The Morgan fingerprint density at radius 3 is 2.84 bits per heavy atom. The van der Waals surface area contributed by atoms with Gasteiger partial charge in [0.15, 0.2) is 0 Å². The van der Waals surface area contributed by atoms with Gasteiger partial charge in [0.25, 0.3) is 0 Å². The zero-order chi connectivity index (χ0) is 16.9. The Balaban J connectivity index is 1.52. The van der Waals surface area contributed by atoms with Gasteiger partial charge in [-0.1, -0.05) is 30.4 Å². The number of nitrogens with zero attached hydrogens (tertiary/aromatic N) is 2. The minimum Gasteiger partial charge on any atom is -0.385 e. The van der Waals surface area contributed by atoms with Crippen molar-refractivity contribution in [3.05, 3.63) is 53.7 Å². The molecule has 0 bridgehead atoms. The first-order chi connectivity index (χ1) is 12.4. The van der Waals surface area contributed by atoms with Gasteiger partial charge in [-0.3, -0.25) is 0 Å². The van der Waals surface area contributed by atoms with Crippen molar-refractivity contribution in [1.29, 1.82) is 0 Å². The van der Waals surface area contributed by atoms with Crippen LogP contribution < -0.4 is 15.5 Å². The van der Waals surface area contributed by atoms with Crippen LogP contribution in [0.1, 0.15) is 11.3 Å². The number of rotatable bonds is 5. The van der Waals surface area contributed by atoms with Crippen LogP contribution in [-0.2, 0) is 11.2 Å². The minimum atomic E-state index is 0.771. The lowest BCUT2D eigenvalue weighted by molar-refractivity contribution is 0.122. The number of aromatic nitrogens is 1. The van der Waals surface area contributed by atoms with Crippen LogP contribution in [0.5, 0.6) is 0 Å². The van der Waals surface area contributed by atoms with Gasteiger partial charge in [0.05, 0.1) is 13.2 Å². The molecule has 2 N–H and O–H groups in total. The minimum absolute atomic E-state index is 0.771. The number of benzene rings is 1. The maximum atomic E-state index is 5.50. The molecule has 0 saturated carbocycles. The fourth-order valence-electron chi connectivity index (χ4n) is 3.28. The fraction of sp³-hybridized carbons (Fsp3) is 0.350. The largest absolute Gasteiger partial charge is 0.385 e. The number of ether oxygens (including phenoxy) is 1. The number of anilines is 3. The highest BCUT2D eigenvalue weighted by Gasteiger charge is 2.20. The van der Waals surface area contributed by atoms with E-state index in [0.717, 1.165) is 63.0 Å². The van der Waals surface area contributed by atoms with Crippen LogP contribution in [0, 0.1) is 0 Å². The molecular weight excluding hydrogens is 312 g/mol. The molecule has 4 rings (SSSR count). The third-order valence-electron chi connectivity index (χ3n) is 4.58. The van der Waals surface area contributed by atoms with E-state index in [1.54, 1.807) is 0 Å². The highest BCUT2D eigenvalue weighted by molar-refractivity contribution is 5.79. The van der Waals surface area contributed by atoms with Crippen molar-refractivity contribution in [3.8, 4) is 0 Å². The SMILES string of the molecule is C1=Cc2c(cc(CCNc3ccccc3)nc2N2CCOCC2)NC1. The Kier molecular flexibility index (Phi) is 4.84. The maximum Gasteiger partial charge on any atom is 0.138 e. The smallest absolute Gasteiger partial charge is 0.138 e. The molecule has 130 valence electrons. The second-order valence-corrected chi connectivity index (χ2v) is 6.32. The van der Waals surface area contributed by atoms with E-state index >= 15 is 0 Å². The number of hydrogen-bond acceptors (Lipinski definition) is 5. The Morgan fingerprint density at radius 1 is 1.16 bits per heavy atom. The first-order valence-electron chi connectivity index (χ1n) is 8.96. The van der Waals surface area contributed by atoms with E-state index in [9.17, 15) is 0 Å². The summed E-state index contributed by atoms with van der Waals surface area (Å²) in [5.41, 5.74) is 4.66. The van der Waals surface area contributed by atoms with Crippen LogP contribution in [0.3, 0.4) is 0 Å². The molecular formula is C20H24N4O. The molecule has 2 aliphatic rings. The molecule has 2 aliphatic heterocycles. The summed E-state index contributed by atoms with van der Waals surface area (Å²) in [7, 11) is 0. The first kappa shape index (κ1) is 16.0. The molecule has 1 fully saturated rings. The van der Waals surface area contributed by atoms with Crippen LogP contribution >= 0.6 is 0 Å². The van der Waals surface area contributed by atoms with Crippen molar-refractivity contribution in [2.45, 2.75) is 6.42 Å². The van der Waals surface area contributed by atoms with E-state index in [-0.39, 0.29) is 0 Å². The van der Waals surface area contributed by atoms with Crippen LogP contribution in [0.4, 0.5) is 17.2 Å². The van der Waals surface area contributed by atoms with Gasteiger partial charge in [-0.25, -0.2) is 4.98 Å². The van der Waals surface area contributed by atoms with Crippen LogP contribution in [0.2, 0.25) is 0 Å². The van der Waals surface area contributed by atoms with E-state index in [1.807, 2.05) is 18.2 Å². The molecule has 3 heterocycles. The summed E-state index contributed by atoms with van der Waals surface area (Å²) < 4.78 is 5.50. The molecule has 5 nitrogen and oxygen atoms in total. The van der Waals surface area contributed by atoms with Gasteiger partial charge in [-0.2, -0.15) is 0 Å². The lowest BCUT2D eigenvalue weighted by Gasteiger charge is -2.31. The number of hydrogen-bond donors (Lipinski definition) is 2. The summed E-state index contributed by atoms with van der Waals surface area (Å²) in [6.45, 7) is 5.09. The van der Waals surface area contributed by atoms with Gasteiger partial charge >= 0.3 is 0 Å². The summed E-state index contributed by atoms with van der Waals surface area (Å²) in [6, 6.07) is 12.5. The number of fused-ring (bicyclic) bond motifs is 1. The summed E-state index contributed by atoms with van der Waals surface area (Å²) in [4.78, 5) is 7.32. The summed E-state index contributed by atoms with van der Waals surface area (Å²) in [5.74, 6) is 1.08. The van der Waals surface area contributed by atoms with E-state index in [0.29, 0.717) is 0 Å². The number of nitrogens with one attached hydrogen (secondary N) is 2. The average molecular weight is 336 g/mol. The molecule has 0 amide bonds. The third-order valence-corrected chi connectivity index (χ3v) is 4.58. The van der Waals surface area contributed by atoms with Gasteiger partial charge < -0.3 is 20.3 Å². The number of pyridine rings is 1. The predicted molar refractivity (Wildman–Crippen MR) is 103 cm³/mol. The Morgan fingerprint density at radius 2 is 2.00 bits per heavy atom. The monoisotopic (exact) mass is 336 g/mol. The summed E-state index contributed by atoms with van der Waals surface area (Å²) in [6.07, 6.45) is 5.24. The zero-order valence-corrected chi connectivity index (χ0v) is 14.4. The normalized spacial score (nSPS) is 16.2. The van der Waals surface area contributed by atoms with Crippen molar-refractivity contribution in [3.63, 3.8) is 0 Å². The highest BCUT2D eigenvalue weighted by atomic mass is 16.5. The molecule has 0 spiro atoms. The average Bonchev–Trinajstić information content (AvgIpc) is 2.69. The molecule has 1 aromatic heterocycles. The number of para-hydroxylation sites is 1. The van der Waals surface area contributed by atoms with Crippen LogP contribution in [0.15, 0.2) is 42.5 Å². The molecule has 25 heavy (non-hydrogen) atoms. The van der Waals surface area contributed by atoms with Gasteiger partial charge in [0, 0.05) is 55.2 Å². The van der Waals surface area contributed by atoms with Gasteiger partial charge in [-0.05, 0) is 18.2 Å². The topological polar surface area (TPSA) is 49.4 Å². The van der Waals surface area contributed by atoms with Crippen molar-refractivity contribution < 1.29 is 4.74 Å². The van der Waals surface area contributed by atoms with Gasteiger partial charge in [0.2, 0.25) is 0 Å². The van der Waals surface area contributed by atoms with E-state index in [1.165, 1.54) is 11.3 Å². The molecule has 0 atom stereocenters. The van der Waals surface area contributed by atoms with Crippen molar-refractivity contribution in [1.82, 2.24) is 4.98 Å². The van der Waals surface area contributed by atoms with E-state index < -0.39 is 0 Å². The molecule has 1 saturated heterocycles. The molecule has 5 heteroatoms. The molecule has 1 aromatic carbocycles. The molecule has 0 aliphatic carbocycles. The van der Waals surface area contributed by atoms with Crippen molar-refractivity contribution >= 4 is 23.3 Å². The zero-order valence-electron chi connectivity index (χ0n) is 14.4. The highest BCUT2D eigenvalue weighted by Crippen LogP contribution is 2.31. The van der Waals surface area contributed by atoms with Gasteiger partial charge in [-0.15, -0.1) is 0 Å². The van der Waals surface area contributed by atoms with E-state index in [2.05, 4.69) is 45.9 Å². The van der Waals surface area contributed by atoms with Gasteiger partial charge in [0.1, 0.15) is 5.82 Å². The fourth-order valence-corrected chi connectivity index (χ4v) is 3.28. The lowest BCUT2D eigenvalue weighted by atomic mass is 10.1. The molecule has 2 aromatic rings. The Hall–Kier alpha value is -2.53. The Bertz CT molecular complexity index is 739. The predicted octanol–water partition coefficient (Wildman–Crippen LogP) is 3.01. The number of morpholine rings is 1. The standard InChI is InChI=1S/C20H24N4O/c1-2-5-16(6-3-1)21-10-8-17-15-19-18(7-4-9-22-19)20(23-17)24-11-13-25-14-12-24/h1-7,15,21-22H,8-14H2.